The highest BCUT2D eigenvalue weighted by atomic mass is 16.6. The molecule has 0 atom stereocenters. The lowest BCUT2D eigenvalue weighted by molar-refractivity contribution is -0.263. The molecule has 2 N–H and O–H groups in total. The van der Waals surface area contributed by atoms with Gasteiger partial charge in [0.1, 0.15) is 12.2 Å². The van der Waals surface area contributed by atoms with Crippen molar-refractivity contribution in [3.63, 3.8) is 0 Å². The molecule has 0 aromatic carbocycles. The molecule has 0 spiro atoms. The number of ether oxygens (including phenoxy) is 3. The molecule has 0 radical (unpaired) electrons. The van der Waals surface area contributed by atoms with E-state index in [1.807, 2.05) is 62.3 Å². The Balaban J connectivity index is 0.00000281. The van der Waals surface area contributed by atoms with E-state index in [0.717, 1.165) is 6.42 Å². The number of unbranched alkanes of at least 4 members (excludes halogenated alkanes) is 1. The van der Waals surface area contributed by atoms with Crippen LogP contribution in [0.3, 0.4) is 0 Å². The average Bonchev–Trinajstić information content (AvgIpc) is 2.85. The number of nitrogens with zero attached hydrogens (tertiary/aromatic N) is 2. The van der Waals surface area contributed by atoms with Crippen molar-refractivity contribution in [2.75, 3.05) is 6.61 Å². The van der Waals surface area contributed by atoms with Gasteiger partial charge < -0.3 is 24.6 Å². The minimum Gasteiger partial charge on any atom is -0.468 e. The predicted molar refractivity (Wildman–Crippen MR) is 161 cm³/mol. The quantitative estimate of drug-likeness (QED) is 0.0849. The number of piperidine rings is 2. The number of esters is 2. The molecule has 42 heavy (non-hydrogen) atoms. The second-order valence-corrected chi connectivity index (χ2v) is 14.7. The van der Waals surface area contributed by atoms with Crippen LogP contribution in [0.15, 0.2) is 0 Å². The predicted octanol–water partition coefficient (Wildman–Crippen LogP) is 6.44. The van der Waals surface area contributed by atoms with Gasteiger partial charge in [-0.05, 0) is 74.7 Å². The molecule has 2 fully saturated rings. The third-order valence-corrected chi connectivity index (χ3v) is 8.42. The molecule has 0 saturated carbocycles. The molecule has 10 nitrogen and oxygen atoms in total. The zero-order valence-electron chi connectivity index (χ0n) is 28.2. The fraction of sp³-hybridized carbons (Fsp3) is 0.906. The molecule has 0 aliphatic carbocycles. The van der Waals surface area contributed by atoms with E-state index >= 15 is 0 Å². The molecule has 2 aliphatic heterocycles. The van der Waals surface area contributed by atoms with Gasteiger partial charge in [-0.25, -0.2) is 0 Å². The van der Waals surface area contributed by atoms with Crippen molar-refractivity contribution < 1.29 is 39.0 Å². The summed E-state index contributed by atoms with van der Waals surface area (Å²) in [6, 6.07) is 0. The van der Waals surface area contributed by atoms with Gasteiger partial charge in [0, 0.05) is 47.8 Å². The van der Waals surface area contributed by atoms with Crippen LogP contribution in [-0.2, 0) is 28.6 Å². The molecule has 2 rings (SSSR count). The zero-order chi connectivity index (χ0) is 32.6. The lowest BCUT2D eigenvalue weighted by atomic mass is 9.77. The topological polar surface area (TPSA) is 126 Å². The summed E-state index contributed by atoms with van der Waals surface area (Å²) < 4.78 is 17.1. The molecule has 0 aromatic rings. The summed E-state index contributed by atoms with van der Waals surface area (Å²) >= 11 is 0. The highest BCUT2D eigenvalue weighted by Crippen LogP contribution is 2.43. The summed E-state index contributed by atoms with van der Waals surface area (Å²) in [5.41, 5.74) is -4.09. The lowest BCUT2D eigenvalue weighted by Crippen LogP contribution is -2.61. The lowest BCUT2D eigenvalue weighted by Gasteiger charge is -2.51. The summed E-state index contributed by atoms with van der Waals surface area (Å²) in [4.78, 5) is 38.8. The molecule has 10 heteroatoms. The van der Waals surface area contributed by atoms with Crippen molar-refractivity contribution in [1.29, 1.82) is 0 Å². The van der Waals surface area contributed by atoms with E-state index in [-0.39, 0.29) is 19.4 Å². The molecule has 0 unspecified atom stereocenters. The molecule has 2 aliphatic rings. The third kappa shape index (κ3) is 9.63. The van der Waals surface area contributed by atoms with Gasteiger partial charge in [-0.2, -0.15) is 10.1 Å². The van der Waals surface area contributed by atoms with Crippen LogP contribution < -0.4 is 0 Å². The molecule has 2 saturated heterocycles. The Kier molecular flexibility index (Phi) is 13.9. The highest BCUT2D eigenvalue weighted by Gasteiger charge is 2.53. The Bertz CT molecular complexity index is 794. The SMILES string of the molecule is CCC.CCCCC(CCCOC=O)(C(=O)OC1CC(C)(C)N(O)C(C)(C)C1)C(=O)OC1CC(C)(C)N(O)C(C)(C)C1. The van der Waals surface area contributed by atoms with Gasteiger partial charge in [0.05, 0.1) is 6.61 Å². The van der Waals surface area contributed by atoms with E-state index in [1.165, 1.54) is 16.5 Å². The van der Waals surface area contributed by atoms with Crippen molar-refractivity contribution in [3.8, 4) is 0 Å². The van der Waals surface area contributed by atoms with Crippen molar-refractivity contribution >= 4 is 18.4 Å². The van der Waals surface area contributed by atoms with Crippen LogP contribution in [0, 0.1) is 5.41 Å². The van der Waals surface area contributed by atoms with E-state index in [1.54, 1.807) is 0 Å². The number of hydrogen-bond donors (Lipinski definition) is 2. The van der Waals surface area contributed by atoms with Gasteiger partial charge in [-0.1, -0.05) is 40.0 Å². The molecule has 0 aromatic heterocycles. The van der Waals surface area contributed by atoms with Crippen molar-refractivity contribution in [2.24, 2.45) is 5.41 Å². The van der Waals surface area contributed by atoms with Crippen molar-refractivity contribution in [2.45, 2.75) is 175 Å². The van der Waals surface area contributed by atoms with Crippen LogP contribution in [0.4, 0.5) is 0 Å². The first-order valence-electron chi connectivity index (χ1n) is 15.7. The maximum Gasteiger partial charge on any atom is 0.323 e. The summed E-state index contributed by atoms with van der Waals surface area (Å²) in [5.74, 6) is -1.26. The third-order valence-electron chi connectivity index (χ3n) is 8.42. The second kappa shape index (κ2) is 15.3. The Hall–Kier alpha value is -1.75. The largest absolute Gasteiger partial charge is 0.468 e. The highest BCUT2D eigenvalue weighted by molar-refractivity contribution is 6.00. The van der Waals surface area contributed by atoms with Gasteiger partial charge in [0.25, 0.3) is 6.47 Å². The summed E-state index contributed by atoms with van der Waals surface area (Å²) in [6.45, 7) is 21.8. The van der Waals surface area contributed by atoms with E-state index in [4.69, 9.17) is 14.2 Å². The van der Waals surface area contributed by atoms with Gasteiger partial charge in [-0.15, -0.1) is 0 Å². The van der Waals surface area contributed by atoms with Crippen LogP contribution in [0.5, 0.6) is 0 Å². The zero-order valence-corrected chi connectivity index (χ0v) is 28.2. The van der Waals surface area contributed by atoms with Crippen molar-refractivity contribution in [3.05, 3.63) is 0 Å². The van der Waals surface area contributed by atoms with E-state index in [2.05, 4.69) is 13.8 Å². The van der Waals surface area contributed by atoms with Gasteiger partial charge in [0.15, 0.2) is 5.41 Å². The van der Waals surface area contributed by atoms with Gasteiger partial charge >= 0.3 is 11.9 Å². The van der Waals surface area contributed by atoms with Crippen LogP contribution in [0.25, 0.3) is 0 Å². The Labute approximate surface area is 254 Å². The summed E-state index contributed by atoms with van der Waals surface area (Å²) in [6.07, 6.45) is 3.91. The first kappa shape index (κ1) is 38.3. The first-order valence-corrected chi connectivity index (χ1v) is 15.7. The smallest absolute Gasteiger partial charge is 0.323 e. The normalized spacial score (nSPS) is 22.4. The Morgan fingerprint density at radius 3 is 1.38 bits per heavy atom. The number of rotatable bonds is 12. The van der Waals surface area contributed by atoms with Crippen LogP contribution in [0.2, 0.25) is 0 Å². The summed E-state index contributed by atoms with van der Waals surface area (Å²) in [7, 11) is 0. The van der Waals surface area contributed by atoms with Gasteiger partial charge in [0.2, 0.25) is 0 Å². The van der Waals surface area contributed by atoms with Crippen LogP contribution >= 0.6 is 0 Å². The average molecular weight is 601 g/mol. The maximum atomic E-state index is 14.0. The van der Waals surface area contributed by atoms with Crippen LogP contribution in [-0.4, -0.2) is 79.9 Å². The van der Waals surface area contributed by atoms with E-state index in [9.17, 15) is 24.8 Å². The Morgan fingerprint density at radius 2 is 1.07 bits per heavy atom. The maximum absolute atomic E-state index is 14.0. The van der Waals surface area contributed by atoms with E-state index < -0.39 is 51.7 Å². The fourth-order valence-corrected chi connectivity index (χ4v) is 6.65. The second-order valence-electron chi connectivity index (χ2n) is 14.7. The fourth-order valence-electron chi connectivity index (χ4n) is 6.65. The number of carbonyl (C=O) groups excluding carboxylic acids is 3. The molecular formula is C32H60N2O8. The van der Waals surface area contributed by atoms with E-state index in [0.29, 0.717) is 45.0 Å². The number of hydrogen-bond acceptors (Lipinski definition) is 10. The summed E-state index contributed by atoms with van der Waals surface area (Å²) in [5, 5.41) is 24.0. The minimum atomic E-state index is -1.56. The Morgan fingerprint density at radius 1 is 0.738 bits per heavy atom. The monoisotopic (exact) mass is 600 g/mol. The number of hydroxylamine groups is 4. The number of carbonyl (C=O) groups is 3. The molecule has 2 heterocycles. The minimum absolute atomic E-state index is 0.0733. The first-order chi connectivity index (χ1) is 19.3. The molecular weight excluding hydrogens is 540 g/mol. The van der Waals surface area contributed by atoms with Crippen LogP contribution in [0.1, 0.15) is 140 Å². The van der Waals surface area contributed by atoms with Crippen molar-refractivity contribution in [1.82, 2.24) is 10.1 Å². The molecule has 246 valence electrons. The molecule has 0 amide bonds. The molecule has 0 bridgehead atoms. The standard InChI is InChI=1S/C29H52N2O8.C3H8/c1-10-11-13-29(14-12-15-37-20-32,23(33)38-21-16-25(2,3)30(35)26(4,5)17-21)24(34)39-22-18-27(6,7)31(36)28(8,9)19-22;1-3-2/h20-22,35-36H,10-19H2,1-9H3;3H2,1-2H3. The van der Waals surface area contributed by atoms with Gasteiger partial charge in [-0.3, -0.25) is 14.4 Å².